The summed E-state index contributed by atoms with van der Waals surface area (Å²) in [5, 5.41) is 15.3. The summed E-state index contributed by atoms with van der Waals surface area (Å²) < 4.78 is 5.91. The number of H-pyrrole nitrogens is 1. The second kappa shape index (κ2) is 9.72. The molecule has 0 atom stereocenters. The van der Waals surface area contributed by atoms with Crippen LogP contribution in [-0.4, -0.2) is 20.3 Å². The van der Waals surface area contributed by atoms with Crippen molar-refractivity contribution in [3.05, 3.63) is 102 Å². The molecule has 5 rings (SSSR count). The van der Waals surface area contributed by atoms with E-state index in [4.69, 9.17) is 17.0 Å². The lowest BCUT2D eigenvalue weighted by molar-refractivity contribution is 0.306. The Balaban J connectivity index is 1.22. The van der Waals surface area contributed by atoms with Crippen LogP contribution in [0.1, 0.15) is 11.3 Å². The van der Waals surface area contributed by atoms with Crippen molar-refractivity contribution in [1.29, 1.82) is 0 Å². The van der Waals surface area contributed by atoms with E-state index in [1.165, 1.54) is 0 Å². The maximum atomic E-state index is 5.91. The van der Waals surface area contributed by atoms with E-state index in [0.29, 0.717) is 11.7 Å². The highest BCUT2D eigenvalue weighted by atomic mass is 32.1. The summed E-state index contributed by atoms with van der Waals surface area (Å²) in [6.07, 6.45) is 1.78. The Kier molecular flexibility index (Phi) is 6.18. The highest BCUT2D eigenvalue weighted by Crippen LogP contribution is 2.29. The maximum absolute atomic E-state index is 5.91. The summed E-state index contributed by atoms with van der Waals surface area (Å²) in [5.41, 5.74) is 6.77. The van der Waals surface area contributed by atoms with E-state index in [1.54, 1.807) is 6.20 Å². The maximum Gasteiger partial charge on any atom is 0.181 e. The molecule has 0 bridgehead atoms. The zero-order chi connectivity index (χ0) is 23.3. The van der Waals surface area contributed by atoms with E-state index in [2.05, 4.69) is 37.9 Å². The Bertz CT molecular complexity index is 1430. The molecule has 0 radical (unpaired) electrons. The largest absolute Gasteiger partial charge is 0.489 e. The summed E-state index contributed by atoms with van der Waals surface area (Å²) in [6.45, 7) is 2.52. The lowest BCUT2D eigenvalue weighted by Crippen LogP contribution is -2.19. The molecule has 0 aliphatic carbocycles. The third-order valence-electron chi connectivity index (χ3n) is 5.43. The normalized spacial score (nSPS) is 10.7. The van der Waals surface area contributed by atoms with Crippen LogP contribution in [-0.2, 0) is 6.61 Å². The SMILES string of the molecule is Cc1[nH]nc2nccc(-c3ccc(NC(=S)Nc4cccc(OCc5ccccc5)c4)cc3)c12. The van der Waals surface area contributed by atoms with Crippen molar-refractivity contribution in [1.82, 2.24) is 15.2 Å². The average Bonchev–Trinajstić information content (AvgIpc) is 3.25. The minimum absolute atomic E-state index is 0.505. The minimum atomic E-state index is 0.505. The van der Waals surface area contributed by atoms with Crippen LogP contribution in [0.3, 0.4) is 0 Å². The number of thiocarbonyl (C=S) groups is 1. The van der Waals surface area contributed by atoms with Crippen LogP contribution in [0.5, 0.6) is 5.75 Å². The van der Waals surface area contributed by atoms with E-state index in [1.807, 2.05) is 79.7 Å². The molecule has 7 heteroatoms. The molecule has 2 aromatic heterocycles. The molecular weight excluding hydrogens is 442 g/mol. The fourth-order valence-electron chi connectivity index (χ4n) is 3.77. The van der Waals surface area contributed by atoms with Gasteiger partial charge in [0, 0.05) is 34.7 Å². The Hall–Kier alpha value is -4.23. The average molecular weight is 466 g/mol. The zero-order valence-corrected chi connectivity index (χ0v) is 19.4. The fraction of sp³-hybridized carbons (Fsp3) is 0.0741. The first-order chi connectivity index (χ1) is 16.7. The van der Waals surface area contributed by atoms with Gasteiger partial charge in [-0.05, 0) is 66.2 Å². The van der Waals surface area contributed by atoms with Gasteiger partial charge in [-0.2, -0.15) is 5.10 Å². The predicted octanol–water partition coefficient (Wildman–Crippen LogP) is 6.32. The Morgan fingerprint density at radius 1 is 0.912 bits per heavy atom. The lowest BCUT2D eigenvalue weighted by Gasteiger charge is -2.13. The van der Waals surface area contributed by atoms with Gasteiger partial charge in [-0.1, -0.05) is 48.5 Å². The molecule has 5 aromatic rings. The number of hydrogen-bond donors (Lipinski definition) is 3. The van der Waals surface area contributed by atoms with E-state index in [9.17, 15) is 0 Å². The van der Waals surface area contributed by atoms with Crippen LogP contribution in [0.25, 0.3) is 22.2 Å². The highest BCUT2D eigenvalue weighted by Gasteiger charge is 2.10. The van der Waals surface area contributed by atoms with Crippen molar-refractivity contribution in [2.24, 2.45) is 0 Å². The molecule has 0 amide bonds. The number of aromatic nitrogens is 3. The number of ether oxygens (including phenoxy) is 1. The third-order valence-corrected chi connectivity index (χ3v) is 5.63. The molecule has 0 saturated carbocycles. The summed E-state index contributed by atoms with van der Waals surface area (Å²) >= 11 is 5.51. The molecule has 0 aliphatic rings. The molecule has 0 unspecified atom stereocenters. The number of anilines is 2. The monoisotopic (exact) mass is 465 g/mol. The molecule has 0 spiro atoms. The van der Waals surface area contributed by atoms with Gasteiger partial charge >= 0.3 is 0 Å². The van der Waals surface area contributed by atoms with Crippen molar-refractivity contribution < 1.29 is 4.74 Å². The third kappa shape index (κ3) is 4.89. The van der Waals surface area contributed by atoms with Gasteiger partial charge in [0.25, 0.3) is 0 Å². The zero-order valence-electron chi connectivity index (χ0n) is 18.6. The number of hydrogen-bond acceptors (Lipinski definition) is 4. The number of rotatable bonds is 6. The Morgan fingerprint density at radius 3 is 2.53 bits per heavy atom. The van der Waals surface area contributed by atoms with Crippen molar-refractivity contribution >= 4 is 39.7 Å². The van der Waals surface area contributed by atoms with E-state index < -0.39 is 0 Å². The molecule has 6 nitrogen and oxygen atoms in total. The molecular formula is C27H23N5OS. The van der Waals surface area contributed by atoms with Crippen LogP contribution in [0.15, 0.2) is 91.1 Å². The number of aromatic amines is 1. The molecule has 0 fully saturated rings. The molecule has 34 heavy (non-hydrogen) atoms. The molecule has 168 valence electrons. The fourth-order valence-corrected chi connectivity index (χ4v) is 4.01. The van der Waals surface area contributed by atoms with Crippen LogP contribution in [0.4, 0.5) is 11.4 Å². The quantitative estimate of drug-likeness (QED) is 0.255. The van der Waals surface area contributed by atoms with Crippen LogP contribution in [0.2, 0.25) is 0 Å². The van der Waals surface area contributed by atoms with E-state index in [0.717, 1.165) is 50.5 Å². The van der Waals surface area contributed by atoms with Crippen LogP contribution < -0.4 is 15.4 Å². The second-order valence-corrected chi connectivity index (χ2v) is 8.27. The number of nitrogens with one attached hydrogen (secondary N) is 3. The van der Waals surface area contributed by atoms with Crippen LogP contribution >= 0.6 is 12.2 Å². The standard InChI is InChI=1S/C27H23N5OS/c1-18-25-24(14-15-28-26(25)32-31-18)20-10-12-21(13-11-20)29-27(34)30-22-8-5-9-23(16-22)33-17-19-6-3-2-4-7-19/h2-16H,17H2,1H3,(H,28,31,32)(H2,29,30,34). The first-order valence-corrected chi connectivity index (χ1v) is 11.3. The topological polar surface area (TPSA) is 74.9 Å². The highest BCUT2D eigenvalue weighted by molar-refractivity contribution is 7.80. The van der Waals surface area contributed by atoms with Gasteiger partial charge < -0.3 is 15.4 Å². The first kappa shape index (κ1) is 21.6. The lowest BCUT2D eigenvalue weighted by atomic mass is 10.0. The van der Waals surface area contributed by atoms with Gasteiger partial charge in [-0.25, -0.2) is 4.98 Å². The van der Waals surface area contributed by atoms with Crippen molar-refractivity contribution in [3.63, 3.8) is 0 Å². The number of aryl methyl sites for hydroxylation is 1. The van der Waals surface area contributed by atoms with Gasteiger partial charge in [0.2, 0.25) is 0 Å². The van der Waals surface area contributed by atoms with Crippen LogP contribution in [0, 0.1) is 6.92 Å². The van der Waals surface area contributed by atoms with Crippen molar-refractivity contribution in [2.45, 2.75) is 13.5 Å². The Labute approximate surface area is 203 Å². The summed E-state index contributed by atoms with van der Waals surface area (Å²) in [5.74, 6) is 0.777. The Morgan fingerprint density at radius 2 is 1.71 bits per heavy atom. The van der Waals surface area contributed by atoms with Gasteiger partial charge in [-0.3, -0.25) is 5.10 Å². The number of fused-ring (bicyclic) bond motifs is 1. The number of nitrogens with zero attached hydrogens (tertiary/aromatic N) is 2. The minimum Gasteiger partial charge on any atom is -0.489 e. The van der Waals surface area contributed by atoms with Crippen molar-refractivity contribution in [3.8, 4) is 16.9 Å². The predicted molar refractivity (Wildman–Crippen MR) is 141 cm³/mol. The summed E-state index contributed by atoms with van der Waals surface area (Å²) in [4.78, 5) is 4.33. The van der Waals surface area contributed by atoms with Gasteiger partial charge in [0.15, 0.2) is 10.8 Å². The summed E-state index contributed by atoms with van der Waals surface area (Å²) in [6, 6.07) is 28.0. The van der Waals surface area contributed by atoms with Gasteiger partial charge in [-0.15, -0.1) is 0 Å². The van der Waals surface area contributed by atoms with E-state index in [-0.39, 0.29) is 0 Å². The summed E-state index contributed by atoms with van der Waals surface area (Å²) in [7, 11) is 0. The number of benzene rings is 3. The van der Waals surface area contributed by atoms with Gasteiger partial charge in [0.05, 0.1) is 0 Å². The molecule has 0 saturated heterocycles. The molecule has 3 N–H and O–H groups in total. The molecule has 2 heterocycles. The smallest absolute Gasteiger partial charge is 0.181 e. The van der Waals surface area contributed by atoms with E-state index >= 15 is 0 Å². The molecule has 0 aliphatic heterocycles. The van der Waals surface area contributed by atoms with Crippen molar-refractivity contribution in [2.75, 3.05) is 10.6 Å². The second-order valence-electron chi connectivity index (χ2n) is 7.86. The van der Waals surface area contributed by atoms with Gasteiger partial charge in [0.1, 0.15) is 12.4 Å². The molecule has 3 aromatic carbocycles. The number of pyridine rings is 1. The first-order valence-electron chi connectivity index (χ1n) is 10.9.